The number of para-hydroxylation sites is 1. The Hall–Kier alpha value is -11.0. The molecule has 17 N–H and O–H groups in total. The van der Waals surface area contributed by atoms with Crippen LogP contribution in [0.25, 0.3) is 10.9 Å². The number of nitrogens with zero attached hydrogens (tertiary/aromatic N) is 3. The van der Waals surface area contributed by atoms with Crippen molar-refractivity contribution in [3.63, 3.8) is 0 Å². The highest BCUT2D eigenvalue weighted by molar-refractivity contribution is 8.76. The number of urea groups is 1. The van der Waals surface area contributed by atoms with Crippen molar-refractivity contribution in [2.24, 2.45) is 28.9 Å². The molecule has 0 radical (unpaired) electrons. The monoisotopic (exact) mass is 1810 g/mol. The third-order valence-corrected chi connectivity index (χ3v) is 28.6. The first kappa shape index (κ1) is 97.6. The molecule has 2 unspecified atom stereocenters. The first-order chi connectivity index (χ1) is 61.0. The molecule has 3 fully saturated rings. The van der Waals surface area contributed by atoms with E-state index < -0.39 is 210 Å². The van der Waals surface area contributed by atoms with Gasteiger partial charge in [-0.05, 0) is 112 Å². The maximum atomic E-state index is 15.4. The molecule has 4 aromatic carbocycles. The Morgan fingerprint density at radius 1 is 0.703 bits per heavy atom. The fourth-order valence-electron chi connectivity index (χ4n) is 20.1. The summed E-state index contributed by atoms with van der Waals surface area (Å²) in [6.07, 6.45) is -1.09. The van der Waals surface area contributed by atoms with Gasteiger partial charge in [-0.1, -0.05) is 126 Å². The van der Waals surface area contributed by atoms with Crippen LogP contribution < -0.4 is 52.6 Å². The lowest BCUT2D eigenvalue weighted by atomic mass is 9.47. The lowest BCUT2D eigenvalue weighted by molar-refractivity contribution is -0.201. The summed E-state index contributed by atoms with van der Waals surface area (Å²) in [6, 6.07) is 20.8. The van der Waals surface area contributed by atoms with Crippen LogP contribution in [-0.2, 0) is 97.1 Å². The predicted molar refractivity (Wildman–Crippen MR) is 471 cm³/mol. The van der Waals surface area contributed by atoms with Gasteiger partial charge in [-0.2, -0.15) is 0 Å². The number of carboxylic acid groups (broad SMARTS) is 4. The number of aliphatic carboxylic acids is 4. The second-order valence-electron chi connectivity index (χ2n) is 34.5. The zero-order chi connectivity index (χ0) is 92.6. The van der Waals surface area contributed by atoms with Gasteiger partial charge in [0.15, 0.2) is 29.2 Å². The number of methoxy groups -OCH3 is 1. The van der Waals surface area contributed by atoms with Crippen LogP contribution in [0.5, 0.6) is 5.75 Å². The normalized spacial score (nSPS) is 24.7. The topological polar surface area (TPSA) is 544 Å². The molecule has 1 aliphatic carbocycles. The van der Waals surface area contributed by atoms with Gasteiger partial charge in [-0.15, -0.1) is 0 Å². The standard InChI is InChI=1S/C90H116N12O24S2/c1-6-87(122)45-54-44-86(3,76-58(28-33-101(48-54)50-87)57-21-14-15-22-62(57)96-76)60-41-59-66(43-69(60)124-5)100(4)82-89(59)30-34-102-32-16-29-88(7-2,81(89)102)83(119)90(82,123)70(106)47-94-85(121)125-35-36-127-128-49-56(79(115)116)40-68(105)65(42-75(111)112)97-78(114)61(91)46-93-77(113)55(37-52-17-10-8-11-18-52)39-67(104)64(38-53-19-12-9-13-20-53)95-72(108)27-31-92-71(107)24-23-63(80(117)118)98-84(120)99-73(126-51-103)25-26-74(109)110/h8-22,29,41,43,51,54-56,61,63-65,73,81-83,96,119,122-123H,6-7,23-28,30-40,42,44-50,91H2,1-5H3,(H,92,107)(H,93,113)(H,94,121)(H,95,108)(H,97,114)(H,109,110)(H,111,112)(H,115,116)(H,117,118)(H2,98,99,120)/t54-,55+,56+,61-,63-,64-,65-,73+,81-,82?,83+,86+,87-,88+,89+,90-/m0/s1. The highest BCUT2D eigenvalue weighted by atomic mass is 33.1. The van der Waals surface area contributed by atoms with Crippen LogP contribution in [0.4, 0.5) is 15.3 Å². The maximum Gasteiger partial charge on any atom is 0.407 e. The van der Waals surface area contributed by atoms with Crippen molar-refractivity contribution in [1.29, 1.82) is 0 Å². The molecule has 2 saturated heterocycles. The van der Waals surface area contributed by atoms with Crippen LogP contribution in [0, 0.1) is 23.2 Å². The number of carbonyl (C=O) groups excluding carboxylic acids is 10. The van der Waals surface area contributed by atoms with E-state index in [2.05, 4.69) is 87.9 Å². The fraction of sp³-hybridized carbons (Fsp3) is 0.533. The number of benzene rings is 4. The SMILES string of the molecule is CC[C@]1(O)C[C@H]2CN(CCc3c([nH]c4ccccc34)[C@@](C)(c3cc4c(cc3OC)N(C)C3[C@]45CCN4CC=C[C@@](CC)([C@@H](O)[C@]3(O)C(=O)CNC(=O)OCCSSC[C@@H](CC(=O)[C@H](CC(=O)O)NC(=O)[C@@H](N)CNC(=O)[C@@H](CC(=O)[C@H](Cc3ccccc3)NC(=O)CCNC(=O)CC[C@H](NC(=O)N[C@@H](CCC(=O)O)OC=O)C(=O)O)Cc3ccccc3)C(=O)O)[C@H]45)C2)C1. The number of anilines is 1. The van der Waals surface area contributed by atoms with E-state index in [4.69, 9.17) is 20.3 Å². The molecule has 6 heterocycles. The smallest absolute Gasteiger partial charge is 0.407 e. The van der Waals surface area contributed by atoms with Crippen molar-refractivity contribution in [2.45, 2.75) is 194 Å². The van der Waals surface area contributed by atoms with Gasteiger partial charge in [-0.25, -0.2) is 14.4 Å². The summed E-state index contributed by atoms with van der Waals surface area (Å²) >= 11 is 0. The number of likely N-dealkylation sites (N-methyl/N-ethyl adjacent to an activating group) is 1. The van der Waals surface area contributed by atoms with Gasteiger partial charge in [0, 0.05) is 152 Å². The number of nitrogens with one attached hydrogen (secondary N) is 8. The van der Waals surface area contributed by atoms with Crippen LogP contribution in [0.15, 0.2) is 109 Å². The largest absolute Gasteiger partial charge is 0.496 e. The van der Waals surface area contributed by atoms with Crippen LogP contribution in [0.3, 0.4) is 0 Å². The number of Topliss-reactive ketones (excluding diaryl/α,β-unsaturated/α-hetero) is 3. The molecule has 5 aliphatic heterocycles. The number of nitrogens with two attached hydrogens (primary N) is 1. The average molecular weight is 1810 g/mol. The number of carboxylic acids is 4. The van der Waals surface area contributed by atoms with E-state index in [1.54, 1.807) is 67.8 Å². The number of aliphatic hydroxyl groups is 3. The fourth-order valence-corrected chi connectivity index (χ4v) is 22.2. The first-order valence-corrected chi connectivity index (χ1v) is 45.6. The van der Waals surface area contributed by atoms with Crippen molar-refractivity contribution in [1.82, 2.24) is 52.0 Å². The molecule has 1 aromatic heterocycles. The van der Waals surface area contributed by atoms with E-state index in [0.717, 1.165) is 74.5 Å². The molecular formula is C90H116N12O24S2. The molecule has 128 heavy (non-hydrogen) atoms. The number of aromatic amines is 1. The van der Waals surface area contributed by atoms with E-state index in [9.17, 15) is 93.0 Å². The van der Waals surface area contributed by atoms with Crippen molar-refractivity contribution >= 4 is 122 Å². The van der Waals surface area contributed by atoms with E-state index in [0.29, 0.717) is 68.6 Å². The first-order valence-electron chi connectivity index (χ1n) is 43.1. The second kappa shape index (κ2) is 42.9. The van der Waals surface area contributed by atoms with Gasteiger partial charge >= 0.3 is 36.0 Å². The molecular weight excluding hydrogens is 1700 g/mol. The van der Waals surface area contributed by atoms with E-state index in [1.807, 2.05) is 50.1 Å². The van der Waals surface area contributed by atoms with Gasteiger partial charge in [0.05, 0.1) is 56.1 Å². The number of aliphatic hydroxyl groups excluding tert-OH is 1. The zero-order valence-corrected chi connectivity index (χ0v) is 73.9. The predicted octanol–water partition coefficient (Wildman–Crippen LogP) is 3.78. The van der Waals surface area contributed by atoms with Gasteiger partial charge in [0.25, 0.3) is 6.47 Å². The quantitative estimate of drug-likeness (QED) is 0.00866. The summed E-state index contributed by atoms with van der Waals surface area (Å²) in [5.74, 6) is -13.6. The molecule has 11 rings (SSSR count). The molecule has 1 saturated carbocycles. The third kappa shape index (κ3) is 22.3. The second-order valence-corrected chi connectivity index (χ2v) is 37.1. The highest BCUT2D eigenvalue weighted by Crippen LogP contribution is 2.68. The molecule has 2 bridgehead atoms. The lowest BCUT2D eigenvalue weighted by Crippen LogP contribution is -2.81. The van der Waals surface area contributed by atoms with E-state index in [1.165, 1.54) is 5.56 Å². The number of amides is 7. The number of hydrogen-bond acceptors (Lipinski definition) is 26. The van der Waals surface area contributed by atoms with Crippen molar-refractivity contribution in [2.75, 3.05) is 89.5 Å². The van der Waals surface area contributed by atoms with E-state index in [-0.39, 0.29) is 68.8 Å². The van der Waals surface area contributed by atoms with Gasteiger partial charge in [0.2, 0.25) is 23.6 Å². The van der Waals surface area contributed by atoms with Gasteiger partial charge in [-0.3, -0.25) is 62.5 Å². The van der Waals surface area contributed by atoms with E-state index >= 15 is 4.79 Å². The Kier molecular flexibility index (Phi) is 32.8. The van der Waals surface area contributed by atoms with Gasteiger partial charge in [0.1, 0.15) is 30.5 Å². The number of ketones is 3. The number of H-pyrrole nitrogens is 1. The van der Waals surface area contributed by atoms with Crippen LogP contribution in [-0.4, -0.2) is 278 Å². The number of carbonyl (C=O) groups is 14. The average Bonchev–Trinajstić information content (AvgIpc) is 1.47. The summed E-state index contributed by atoms with van der Waals surface area (Å²) in [4.78, 5) is 193. The number of fused-ring (bicyclic) bond motifs is 6. The number of hydrogen-bond donors (Lipinski definition) is 16. The number of alkyl carbamates (subject to hydrolysis) is 1. The Bertz CT molecular complexity index is 4950. The van der Waals surface area contributed by atoms with Crippen LogP contribution in [0.2, 0.25) is 0 Å². The maximum absolute atomic E-state index is 15.4. The molecule has 6 aliphatic rings. The van der Waals surface area contributed by atoms with Crippen LogP contribution >= 0.6 is 21.6 Å². The molecule has 7 amide bonds. The van der Waals surface area contributed by atoms with Crippen molar-refractivity contribution in [3.05, 3.63) is 143 Å². The molecule has 5 aromatic rings. The molecule has 36 nitrogen and oxygen atoms in total. The molecule has 692 valence electrons. The number of ether oxygens (including phenoxy) is 3. The summed E-state index contributed by atoms with van der Waals surface area (Å²) in [7, 11) is 5.54. The van der Waals surface area contributed by atoms with Crippen LogP contribution in [0.1, 0.15) is 138 Å². The van der Waals surface area contributed by atoms with Crippen molar-refractivity contribution in [3.8, 4) is 5.75 Å². The Morgan fingerprint density at radius 3 is 2.07 bits per heavy atom. The van der Waals surface area contributed by atoms with Gasteiger partial charge < -0.3 is 103 Å². The molecule has 38 heteroatoms. The lowest BCUT2D eigenvalue weighted by Gasteiger charge is -2.63. The minimum atomic E-state index is -2.50. The zero-order valence-electron chi connectivity index (χ0n) is 72.2. The Morgan fingerprint density at radius 2 is 1.40 bits per heavy atom. The summed E-state index contributed by atoms with van der Waals surface area (Å²) < 4.78 is 16.6. The third-order valence-electron chi connectivity index (χ3n) is 26.2. The Labute approximate surface area is 747 Å². The Balaban J connectivity index is 0.673. The summed E-state index contributed by atoms with van der Waals surface area (Å²) in [6.45, 7) is 7.63. The highest BCUT2D eigenvalue weighted by Gasteiger charge is 2.78. The summed E-state index contributed by atoms with van der Waals surface area (Å²) in [5, 5.41) is 95.6. The van der Waals surface area contributed by atoms with Crippen molar-refractivity contribution < 1.29 is 117 Å². The number of aromatic nitrogens is 1. The molecule has 17 atom stereocenters. The minimum absolute atomic E-state index is 0.0339. The number of rotatable bonds is 46. The number of piperidine rings is 1. The molecule has 1 spiro atoms. The summed E-state index contributed by atoms with van der Waals surface area (Å²) in [5.41, 5.74) is 7.08. The minimum Gasteiger partial charge on any atom is -0.496 e.